The Hall–Kier alpha value is -3.21. The summed E-state index contributed by atoms with van der Waals surface area (Å²) < 4.78 is 78.1. The fourth-order valence-corrected chi connectivity index (χ4v) is 5.60. The molecule has 0 unspecified atom stereocenters. The molecule has 3 aromatic rings. The number of nitrogens with zero attached hydrogens (tertiary/aromatic N) is 2. The number of nitrogens with one attached hydrogen (secondary N) is 1. The zero-order valence-corrected chi connectivity index (χ0v) is 17.9. The first-order valence-electron chi connectivity index (χ1n) is 10.0. The van der Waals surface area contributed by atoms with Crippen molar-refractivity contribution >= 4 is 15.7 Å². The van der Waals surface area contributed by atoms with Crippen molar-refractivity contribution in [2.75, 3.05) is 0 Å². The van der Waals surface area contributed by atoms with Gasteiger partial charge in [-0.1, -0.05) is 12.1 Å². The number of sulfone groups is 1. The summed E-state index contributed by atoms with van der Waals surface area (Å²) in [5, 5.41) is 5.96. The van der Waals surface area contributed by atoms with E-state index in [4.69, 9.17) is 0 Å². The van der Waals surface area contributed by atoms with E-state index in [1.165, 1.54) is 41.3 Å². The highest BCUT2D eigenvalue weighted by atomic mass is 32.2. The van der Waals surface area contributed by atoms with Gasteiger partial charge in [-0.15, -0.1) is 0 Å². The third kappa shape index (κ3) is 4.92. The number of hydrogen-bond donors (Lipinski definition) is 1. The van der Waals surface area contributed by atoms with E-state index < -0.39 is 44.6 Å². The zero-order chi connectivity index (χ0) is 23.8. The molecule has 1 amide bonds. The molecule has 4 rings (SSSR count). The van der Waals surface area contributed by atoms with Crippen LogP contribution in [0.2, 0.25) is 0 Å². The molecular formula is C22H19F4N3O3S. The minimum atomic E-state index is -4.43. The van der Waals surface area contributed by atoms with Crippen LogP contribution in [-0.2, 0) is 27.4 Å². The molecule has 11 heteroatoms. The Labute approximate surface area is 187 Å². The second kappa shape index (κ2) is 8.62. The molecule has 0 bridgehead atoms. The highest BCUT2D eigenvalue weighted by Gasteiger charge is 2.42. The smallest absolute Gasteiger partial charge is 0.350 e. The van der Waals surface area contributed by atoms with Crippen LogP contribution in [0.25, 0.3) is 11.1 Å². The monoisotopic (exact) mass is 481 g/mol. The highest BCUT2D eigenvalue weighted by Crippen LogP contribution is 2.32. The maximum Gasteiger partial charge on any atom is 0.416 e. The molecule has 1 fully saturated rings. The average molecular weight is 481 g/mol. The quantitative estimate of drug-likeness (QED) is 0.429. The number of benzene rings is 2. The van der Waals surface area contributed by atoms with Crippen LogP contribution in [0.3, 0.4) is 0 Å². The largest absolute Gasteiger partial charge is 0.416 e. The molecule has 1 heterocycles. The van der Waals surface area contributed by atoms with E-state index >= 15 is 0 Å². The van der Waals surface area contributed by atoms with Crippen molar-refractivity contribution in [3.63, 3.8) is 0 Å². The Balaban J connectivity index is 1.38. The Bertz CT molecular complexity index is 1250. The van der Waals surface area contributed by atoms with Gasteiger partial charge in [0.25, 0.3) is 0 Å². The molecule has 1 aliphatic carbocycles. The van der Waals surface area contributed by atoms with Crippen LogP contribution < -0.4 is 5.32 Å². The summed E-state index contributed by atoms with van der Waals surface area (Å²) in [7, 11) is -3.72. The lowest BCUT2D eigenvalue weighted by Gasteiger charge is -2.36. The van der Waals surface area contributed by atoms with Crippen molar-refractivity contribution in [1.29, 1.82) is 0 Å². The fourth-order valence-electron chi connectivity index (χ4n) is 3.66. The van der Waals surface area contributed by atoms with E-state index in [9.17, 15) is 30.8 Å². The third-order valence-corrected chi connectivity index (χ3v) is 7.87. The lowest BCUT2D eigenvalue weighted by atomic mass is 9.92. The van der Waals surface area contributed by atoms with Gasteiger partial charge in [0.05, 0.1) is 21.9 Å². The highest BCUT2D eigenvalue weighted by molar-refractivity contribution is 7.92. The molecule has 0 aliphatic heterocycles. The second-order valence-corrected chi connectivity index (χ2v) is 9.96. The van der Waals surface area contributed by atoms with Gasteiger partial charge >= 0.3 is 6.18 Å². The number of carbonyl (C=O) groups is 1. The first kappa shape index (κ1) is 23.0. The van der Waals surface area contributed by atoms with Gasteiger partial charge in [0.15, 0.2) is 9.84 Å². The summed E-state index contributed by atoms with van der Waals surface area (Å²) >= 11 is 0. The van der Waals surface area contributed by atoms with Crippen molar-refractivity contribution < 1.29 is 30.8 Å². The van der Waals surface area contributed by atoms with Crippen LogP contribution in [0.15, 0.2) is 65.8 Å². The van der Waals surface area contributed by atoms with Crippen LogP contribution in [-0.4, -0.2) is 35.4 Å². The molecule has 2 aromatic carbocycles. The summed E-state index contributed by atoms with van der Waals surface area (Å²) in [5.41, 5.74) is 0.291. The molecule has 0 saturated heterocycles. The molecule has 6 nitrogen and oxygen atoms in total. The molecule has 1 aromatic heterocycles. The lowest BCUT2D eigenvalue weighted by Crippen LogP contribution is -2.54. The molecule has 2 atom stereocenters. The lowest BCUT2D eigenvalue weighted by molar-refractivity contribution is -0.137. The molecule has 1 saturated carbocycles. The standard InChI is InChI=1S/C22H19F4N3O3S/c23-17-5-7-18(8-6-17)33(31,32)20-10-9-19(20)28-21(30)13-29-12-15(11-27-29)14-1-3-16(4-2-14)22(24,25)26/h1-8,11-12,19-20H,9-10,13H2,(H,28,30)/t19-,20+/m1/s1. The van der Waals surface area contributed by atoms with Crippen LogP contribution >= 0.6 is 0 Å². The van der Waals surface area contributed by atoms with Crippen molar-refractivity contribution in [3.8, 4) is 11.1 Å². The van der Waals surface area contributed by atoms with E-state index in [1.54, 1.807) is 0 Å². The Kier molecular flexibility index (Phi) is 6.00. The maximum absolute atomic E-state index is 13.1. The first-order chi connectivity index (χ1) is 15.5. The molecule has 1 N–H and O–H groups in total. The van der Waals surface area contributed by atoms with Gasteiger partial charge in [-0.3, -0.25) is 9.48 Å². The van der Waals surface area contributed by atoms with Crippen LogP contribution in [0.1, 0.15) is 18.4 Å². The average Bonchev–Trinajstić information content (AvgIpc) is 3.19. The summed E-state index contributed by atoms with van der Waals surface area (Å²) in [6, 6.07) is 8.57. The van der Waals surface area contributed by atoms with E-state index in [0.717, 1.165) is 24.3 Å². The number of carbonyl (C=O) groups excluding carboxylic acids is 1. The Morgan fingerprint density at radius 3 is 2.27 bits per heavy atom. The van der Waals surface area contributed by atoms with Gasteiger partial charge in [0.1, 0.15) is 12.4 Å². The molecule has 1 aliphatic rings. The number of halogens is 4. The molecule has 0 spiro atoms. The number of hydrogen-bond acceptors (Lipinski definition) is 4. The van der Waals surface area contributed by atoms with Crippen LogP contribution in [0.5, 0.6) is 0 Å². The number of rotatable bonds is 6. The summed E-state index contributed by atoms with van der Waals surface area (Å²) in [6.45, 7) is -0.180. The Morgan fingerprint density at radius 2 is 1.70 bits per heavy atom. The molecule has 33 heavy (non-hydrogen) atoms. The van der Waals surface area contributed by atoms with Gasteiger partial charge in [0.2, 0.25) is 5.91 Å². The van der Waals surface area contributed by atoms with E-state index in [0.29, 0.717) is 24.0 Å². The minimum absolute atomic E-state index is 0.00103. The number of aromatic nitrogens is 2. The summed E-state index contributed by atoms with van der Waals surface area (Å²) in [5.74, 6) is -0.983. The first-order valence-corrected chi connectivity index (χ1v) is 11.6. The zero-order valence-electron chi connectivity index (χ0n) is 17.1. The number of alkyl halides is 3. The topological polar surface area (TPSA) is 81.1 Å². The predicted molar refractivity (Wildman–Crippen MR) is 111 cm³/mol. The molecule has 174 valence electrons. The minimum Gasteiger partial charge on any atom is -0.350 e. The second-order valence-electron chi connectivity index (χ2n) is 7.79. The van der Waals surface area contributed by atoms with Gasteiger partial charge in [-0.2, -0.15) is 18.3 Å². The molecule has 0 radical (unpaired) electrons. The third-order valence-electron chi connectivity index (χ3n) is 5.58. The van der Waals surface area contributed by atoms with Crippen molar-refractivity contribution in [2.45, 2.75) is 41.7 Å². The maximum atomic E-state index is 13.1. The van der Waals surface area contributed by atoms with Crippen molar-refractivity contribution in [3.05, 3.63) is 72.3 Å². The SMILES string of the molecule is O=C(Cn1cc(-c2ccc(C(F)(F)F)cc2)cn1)N[C@@H]1CC[C@@H]1S(=O)(=O)c1ccc(F)cc1. The van der Waals surface area contributed by atoms with Crippen LogP contribution in [0, 0.1) is 5.82 Å². The number of amides is 1. The van der Waals surface area contributed by atoms with Gasteiger partial charge in [-0.25, -0.2) is 12.8 Å². The fraction of sp³-hybridized carbons (Fsp3) is 0.273. The van der Waals surface area contributed by atoms with Gasteiger partial charge in [-0.05, 0) is 54.8 Å². The summed E-state index contributed by atoms with van der Waals surface area (Å²) in [4.78, 5) is 12.4. The van der Waals surface area contributed by atoms with Gasteiger partial charge in [0, 0.05) is 17.8 Å². The van der Waals surface area contributed by atoms with E-state index in [1.807, 2.05) is 0 Å². The Morgan fingerprint density at radius 1 is 1.03 bits per heavy atom. The molecular weight excluding hydrogens is 462 g/mol. The van der Waals surface area contributed by atoms with Crippen molar-refractivity contribution in [1.82, 2.24) is 15.1 Å². The van der Waals surface area contributed by atoms with Crippen LogP contribution in [0.4, 0.5) is 17.6 Å². The summed E-state index contributed by atoms with van der Waals surface area (Å²) in [6.07, 6.45) is -0.599. The van der Waals surface area contributed by atoms with Gasteiger partial charge < -0.3 is 5.32 Å². The van der Waals surface area contributed by atoms with Crippen molar-refractivity contribution in [2.24, 2.45) is 0 Å². The normalized spacial score (nSPS) is 18.5. The van der Waals surface area contributed by atoms with E-state index in [2.05, 4.69) is 10.4 Å². The van der Waals surface area contributed by atoms with E-state index in [-0.39, 0.29) is 11.4 Å². The predicted octanol–water partition coefficient (Wildman–Crippen LogP) is 3.83.